The number of thiocarbonyl (C=S) groups is 1. The van der Waals surface area contributed by atoms with E-state index in [-0.39, 0.29) is 19.0 Å². The van der Waals surface area contributed by atoms with Crippen LogP contribution in [-0.4, -0.2) is 36.3 Å². The van der Waals surface area contributed by atoms with Crippen LogP contribution in [0.4, 0.5) is 0 Å². The van der Waals surface area contributed by atoms with E-state index in [1.54, 1.807) is 19.2 Å². The molecule has 4 rings (SSSR count). The first-order chi connectivity index (χ1) is 16.5. The monoisotopic (exact) mass is 586 g/mol. The molecule has 0 unspecified atom stereocenters. The van der Waals surface area contributed by atoms with E-state index in [9.17, 15) is 4.79 Å². The van der Waals surface area contributed by atoms with E-state index in [1.807, 2.05) is 60.7 Å². The zero-order valence-corrected chi connectivity index (χ0v) is 21.4. The van der Waals surface area contributed by atoms with Crippen LogP contribution >= 0.6 is 34.8 Å². The summed E-state index contributed by atoms with van der Waals surface area (Å²) >= 11 is 7.70. The molecule has 0 aromatic heterocycles. The highest BCUT2D eigenvalue weighted by molar-refractivity contribution is 14.1. The van der Waals surface area contributed by atoms with Crippen LogP contribution in [0.1, 0.15) is 27.5 Å². The van der Waals surface area contributed by atoms with Crippen molar-refractivity contribution in [1.29, 1.82) is 0 Å². The van der Waals surface area contributed by atoms with Gasteiger partial charge in [-0.3, -0.25) is 4.79 Å². The van der Waals surface area contributed by atoms with Crippen molar-refractivity contribution in [3.8, 4) is 11.5 Å². The average Bonchev–Trinajstić information content (AvgIpc) is 2.87. The summed E-state index contributed by atoms with van der Waals surface area (Å²) in [6, 6.07) is 22.1. The van der Waals surface area contributed by atoms with Crippen molar-refractivity contribution in [1.82, 2.24) is 10.6 Å². The molecule has 6 nitrogen and oxygen atoms in total. The van der Waals surface area contributed by atoms with Crippen LogP contribution < -0.4 is 20.1 Å². The summed E-state index contributed by atoms with van der Waals surface area (Å²) in [4.78, 5) is 13.9. The van der Waals surface area contributed by atoms with Gasteiger partial charge in [0.25, 0.3) is 0 Å². The van der Waals surface area contributed by atoms with Crippen molar-refractivity contribution in [2.45, 2.75) is 6.04 Å². The summed E-state index contributed by atoms with van der Waals surface area (Å²) in [6.45, 7) is 0.0429. The molecule has 0 radical (unpaired) electrons. The number of ketones is 1. The van der Waals surface area contributed by atoms with Crippen LogP contribution in [0, 0.1) is 3.57 Å². The van der Waals surface area contributed by atoms with Gasteiger partial charge in [0.2, 0.25) is 0 Å². The van der Waals surface area contributed by atoms with Crippen molar-refractivity contribution in [3.05, 3.63) is 98.6 Å². The Balaban J connectivity index is 1.90. The fraction of sp³-hybridized carbons (Fsp3) is 0.154. The van der Waals surface area contributed by atoms with Gasteiger partial charge in [-0.05, 0) is 58.1 Å². The van der Waals surface area contributed by atoms with Gasteiger partial charge < -0.3 is 25.2 Å². The lowest BCUT2D eigenvalue weighted by atomic mass is 9.87. The fourth-order valence-electron chi connectivity index (χ4n) is 3.83. The van der Waals surface area contributed by atoms with Gasteiger partial charge in [-0.25, -0.2) is 0 Å². The molecule has 3 aromatic carbocycles. The van der Waals surface area contributed by atoms with Crippen LogP contribution in [0.15, 0.2) is 78.4 Å². The molecule has 1 atom stereocenters. The quantitative estimate of drug-likeness (QED) is 0.204. The van der Waals surface area contributed by atoms with E-state index in [4.69, 9.17) is 26.8 Å². The van der Waals surface area contributed by atoms with Crippen molar-refractivity contribution in [2.75, 3.05) is 20.3 Å². The summed E-state index contributed by atoms with van der Waals surface area (Å²) < 4.78 is 12.1. The molecule has 1 aliphatic rings. The molecule has 34 heavy (non-hydrogen) atoms. The Hall–Kier alpha value is -2.95. The Morgan fingerprint density at radius 2 is 1.76 bits per heavy atom. The lowest BCUT2D eigenvalue weighted by Crippen LogP contribution is -2.45. The smallest absolute Gasteiger partial charge is 0.193 e. The summed E-state index contributed by atoms with van der Waals surface area (Å²) in [6.07, 6.45) is 0. The largest absolute Gasteiger partial charge is 0.493 e. The van der Waals surface area contributed by atoms with E-state index in [0.29, 0.717) is 33.4 Å². The molecule has 3 aromatic rings. The van der Waals surface area contributed by atoms with Gasteiger partial charge in [-0.1, -0.05) is 60.7 Å². The zero-order chi connectivity index (χ0) is 24.1. The Labute approximate surface area is 217 Å². The maximum atomic E-state index is 13.9. The molecule has 0 aliphatic carbocycles. The highest BCUT2D eigenvalue weighted by atomic mass is 127. The van der Waals surface area contributed by atoms with Gasteiger partial charge in [0.05, 0.1) is 34.6 Å². The molecule has 0 fully saturated rings. The fourth-order valence-corrected chi connectivity index (χ4v) is 4.83. The van der Waals surface area contributed by atoms with Gasteiger partial charge in [0.1, 0.15) is 6.61 Å². The van der Waals surface area contributed by atoms with Gasteiger partial charge in [-0.2, -0.15) is 0 Å². The van der Waals surface area contributed by atoms with E-state index in [0.717, 1.165) is 14.7 Å². The summed E-state index contributed by atoms with van der Waals surface area (Å²) in [5.41, 5.74) is 3.46. The Bertz CT molecular complexity index is 1230. The van der Waals surface area contributed by atoms with Gasteiger partial charge in [0, 0.05) is 5.56 Å². The SMILES string of the molecule is COc1cc([C@H]2NC(=S)NC(c3ccccc3)=C2C(=O)c2ccccc2)cc(I)c1OCCO. The number of hydrogen-bond acceptors (Lipinski definition) is 5. The first kappa shape index (κ1) is 24.2. The molecule has 8 heteroatoms. The predicted molar refractivity (Wildman–Crippen MR) is 144 cm³/mol. The summed E-state index contributed by atoms with van der Waals surface area (Å²) in [5.74, 6) is 0.941. The minimum absolute atomic E-state index is 0.107. The molecule has 0 bridgehead atoms. The highest BCUT2D eigenvalue weighted by Crippen LogP contribution is 2.40. The minimum Gasteiger partial charge on any atom is -0.493 e. The molecular weight excluding hydrogens is 563 g/mol. The number of benzene rings is 3. The summed E-state index contributed by atoms with van der Waals surface area (Å²) in [7, 11) is 1.56. The van der Waals surface area contributed by atoms with Gasteiger partial charge in [0.15, 0.2) is 22.4 Å². The molecule has 0 spiro atoms. The maximum absolute atomic E-state index is 13.9. The van der Waals surface area contributed by atoms with Crippen molar-refractivity contribution in [3.63, 3.8) is 0 Å². The number of halogens is 1. The second-order valence-corrected chi connectivity index (χ2v) is 9.06. The number of carbonyl (C=O) groups excluding carboxylic acids is 1. The molecule has 1 heterocycles. The third kappa shape index (κ3) is 5.08. The summed E-state index contributed by atoms with van der Waals surface area (Å²) in [5, 5.41) is 16.1. The Morgan fingerprint density at radius 1 is 1.09 bits per heavy atom. The third-order valence-electron chi connectivity index (χ3n) is 5.34. The third-order valence-corrected chi connectivity index (χ3v) is 6.36. The van der Waals surface area contributed by atoms with Crippen LogP contribution in [0.3, 0.4) is 0 Å². The van der Waals surface area contributed by atoms with Gasteiger partial charge >= 0.3 is 0 Å². The second kappa shape index (κ2) is 11.0. The number of ether oxygens (including phenoxy) is 2. The van der Waals surface area contributed by atoms with Gasteiger partial charge in [-0.15, -0.1) is 0 Å². The normalized spacial score (nSPS) is 15.4. The van der Waals surface area contributed by atoms with E-state index in [2.05, 4.69) is 33.2 Å². The first-order valence-electron chi connectivity index (χ1n) is 10.6. The standard InChI is InChI=1S/C26H23IN2O4S/c1-32-20-15-18(14-19(27)25(20)33-13-12-30)23-21(24(31)17-10-6-3-7-11-17)22(28-26(34)29-23)16-8-4-2-5-9-16/h2-11,14-15,23,30H,12-13H2,1H3,(H2,28,29,34)/t23-/m1/s1. The van der Waals surface area contributed by atoms with E-state index >= 15 is 0 Å². The number of nitrogens with one attached hydrogen (secondary N) is 2. The second-order valence-electron chi connectivity index (χ2n) is 7.49. The molecule has 1 aliphatic heterocycles. The van der Waals surface area contributed by atoms with Crippen molar-refractivity contribution >= 4 is 51.4 Å². The predicted octanol–water partition coefficient (Wildman–Crippen LogP) is 4.48. The molecular formula is C26H23IN2O4S. The lowest BCUT2D eigenvalue weighted by Gasteiger charge is -2.32. The van der Waals surface area contributed by atoms with Crippen molar-refractivity contribution < 1.29 is 19.4 Å². The number of hydrogen-bond donors (Lipinski definition) is 3. The number of aliphatic hydroxyl groups is 1. The van der Waals surface area contributed by atoms with Crippen LogP contribution in [0.5, 0.6) is 11.5 Å². The number of methoxy groups -OCH3 is 1. The Morgan fingerprint density at radius 3 is 2.41 bits per heavy atom. The number of aliphatic hydroxyl groups excluding tert-OH is 1. The first-order valence-corrected chi connectivity index (χ1v) is 12.1. The van der Waals surface area contributed by atoms with Crippen LogP contribution in [-0.2, 0) is 0 Å². The number of rotatable bonds is 8. The minimum atomic E-state index is -0.522. The highest BCUT2D eigenvalue weighted by Gasteiger charge is 2.33. The van der Waals surface area contributed by atoms with Crippen molar-refractivity contribution in [2.24, 2.45) is 0 Å². The maximum Gasteiger partial charge on any atom is 0.193 e. The molecule has 174 valence electrons. The topological polar surface area (TPSA) is 79.8 Å². The number of Topliss-reactive ketones (excluding diaryl/α,β-unsaturated/α-hetero) is 1. The molecule has 3 N–H and O–H groups in total. The lowest BCUT2D eigenvalue weighted by molar-refractivity contribution is 0.102. The van der Waals surface area contributed by atoms with E-state index in [1.165, 1.54) is 0 Å². The van der Waals surface area contributed by atoms with Crippen LogP contribution in [0.2, 0.25) is 0 Å². The molecule has 0 saturated carbocycles. The van der Waals surface area contributed by atoms with Crippen LogP contribution in [0.25, 0.3) is 5.70 Å². The Kier molecular flexibility index (Phi) is 7.81. The molecule has 0 saturated heterocycles. The van der Waals surface area contributed by atoms with E-state index < -0.39 is 6.04 Å². The number of carbonyl (C=O) groups is 1. The molecule has 0 amide bonds. The average molecular weight is 586 g/mol. The zero-order valence-electron chi connectivity index (χ0n) is 18.4.